The van der Waals surface area contributed by atoms with E-state index in [0.29, 0.717) is 24.9 Å². The molecule has 1 aromatic rings. The number of imide groups is 1. The van der Waals surface area contributed by atoms with Crippen molar-refractivity contribution < 1.29 is 23.9 Å². The van der Waals surface area contributed by atoms with Crippen LogP contribution in [-0.4, -0.2) is 59.2 Å². The largest absolute Gasteiger partial charge is 0.454 e. The molecule has 0 radical (unpaired) electrons. The van der Waals surface area contributed by atoms with Crippen LogP contribution < -0.4 is 0 Å². The quantitative estimate of drug-likeness (QED) is 0.594. The van der Waals surface area contributed by atoms with E-state index in [9.17, 15) is 19.2 Å². The summed E-state index contributed by atoms with van der Waals surface area (Å²) in [5.74, 6) is -1.25. The average Bonchev–Trinajstić information content (AvgIpc) is 2.89. The SMILES string of the molecule is CC1CC(C)CN(C(=O)COC(=O)C(C)N2C(=O)c3ccccc3C2=O)C1. The van der Waals surface area contributed by atoms with Crippen molar-refractivity contribution in [3.8, 4) is 0 Å². The Hall–Kier alpha value is -2.70. The maximum atomic E-state index is 12.4. The van der Waals surface area contributed by atoms with E-state index in [2.05, 4.69) is 13.8 Å². The number of carbonyl (C=O) groups is 4. The lowest BCUT2D eigenvalue weighted by atomic mass is 9.92. The number of ether oxygens (including phenoxy) is 1. The molecule has 144 valence electrons. The highest BCUT2D eigenvalue weighted by Gasteiger charge is 2.41. The van der Waals surface area contributed by atoms with Crippen molar-refractivity contribution in [2.75, 3.05) is 19.7 Å². The number of likely N-dealkylation sites (tertiary alicyclic amines) is 1. The molecule has 27 heavy (non-hydrogen) atoms. The third-order valence-corrected chi connectivity index (χ3v) is 5.11. The molecule has 3 rings (SSSR count). The Balaban J connectivity index is 1.59. The van der Waals surface area contributed by atoms with Gasteiger partial charge in [0.25, 0.3) is 17.7 Å². The van der Waals surface area contributed by atoms with E-state index < -0.39 is 23.8 Å². The van der Waals surface area contributed by atoms with Gasteiger partial charge in [-0.15, -0.1) is 0 Å². The molecule has 2 aliphatic heterocycles. The summed E-state index contributed by atoms with van der Waals surface area (Å²) in [6.07, 6.45) is 1.07. The van der Waals surface area contributed by atoms with Crippen molar-refractivity contribution in [1.82, 2.24) is 9.80 Å². The van der Waals surface area contributed by atoms with Crippen LogP contribution >= 0.6 is 0 Å². The predicted octanol–water partition coefficient (Wildman–Crippen LogP) is 1.72. The summed E-state index contributed by atoms with van der Waals surface area (Å²) >= 11 is 0. The number of esters is 1. The van der Waals surface area contributed by atoms with E-state index in [0.717, 1.165) is 11.3 Å². The Morgan fingerprint density at radius 1 is 1.07 bits per heavy atom. The van der Waals surface area contributed by atoms with Gasteiger partial charge in [-0.2, -0.15) is 0 Å². The first-order valence-corrected chi connectivity index (χ1v) is 9.21. The van der Waals surface area contributed by atoms with Gasteiger partial charge in [0.2, 0.25) is 0 Å². The fourth-order valence-electron chi connectivity index (χ4n) is 3.88. The number of hydrogen-bond acceptors (Lipinski definition) is 5. The smallest absolute Gasteiger partial charge is 0.329 e. The van der Waals surface area contributed by atoms with E-state index in [-0.39, 0.29) is 23.6 Å². The topological polar surface area (TPSA) is 84.0 Å². The molecule has 0 aliphatic carbocycles. The lowest BCUT2D eigenvalue weighted by Gasteiger charge is -2.34. The summed E-state index contributed by atoms with van der Waals surface area (Å²) in [5, 5.41) is 0. The van der Waals surface area contributed by atoms with Crippen molar-refractivity contribution in [2.45, 2.75) is 33.2 Å². The number of fused-ring (bicyclic) bond motifs is 1. The number of benzene rings is 1. The zero-order chi connectivity index (χ0) is 19.7. The Bertz CT molecular complexity index is 745. The molecule has 7 heteroatoms. The van der Waals surface area contributed by atoms with Crippen molar-refractivity contribution in [2.24, 2.45) is 11.8 Å². The summed E-state index contributed by atoms with van der Waals surface area (Å²) < 4.78 is 5.12. The molecule has 0 saturated carbocycles. The number of nitrogens with zero attached hydrogens (tertiary/aromatic N) is 2. The summed E-state index contributed by atoms with van der Waals surface area (Å²) in [7, 11) is 0. The molecule has 7 nitrogen and oxygen atoms in total. The van der Waals surface area contributed by atoms with E-state index in [4.69, 9.17) is 4.74 Å². The molecule has 1 fully saturated rings. The van der Waals surface area contributed by atoms with Gasteiger partial charge in [0.15, 0.2) is 6.61 Å². The zero-order valence-corrected chi connectivity index (χ0v) is 15.8. The van der Waals surface area contributed by atoms with Crippen molar-refractivity contribution >= 4 is 23.7 Å². The fraction of sp³-hybridized carbons (Fsp3) is 0.500. The summed E-state index contributed by atoms with van der Waals surface area (Å²) in [6, 6.07) is 5.33. The lowest BCUT2D eigenvalue weighted by molar-refractivity contribution is -0.155. The molecular weight excluding hydrogens is 348 g/mol. The second kappa shape index (κ2) is 7.50. The van der Waals surface area contributed by atoms with Crippen LogP contribution in [0.25, 0.3) is 0 Å². The molecule has 2 aliphatic rings. The molecule has 3 atom stereocenters. The molecule has 2 heterocycles. The number of amides is 3. The molecule has 0 N–H and O–H groups in total. The number of hydrogen-bond donors (Lipinski definition) is 0. The highest BCUT2D eigenvalue weighted by molar-refractivity contribution is 6.22. The minimum atomic E-state index is -1.09. The predicted molar refractivity (Wildman–Crippen MR) is 96.9 cm³/mol. The number of rotatable bonds is 4. The van der Waals surface area contributed by atoms with Gasteiger partial charge in [-0.1, -0.05) is 26.0 Å². The van der Waals surface area contributed by atoms with Crippen LogP contribution in [0.15, 0.2) is 24.3 Å². The normalized spacial score (nSPS) is 23.2. The van der Waals surface area contributed by atoms with Gasteiger partial charge in [-0.25, -0.2) is 4.79 Å². The Labute approximate surface area is 158 Å². The van der Waals surface area contributed by atoms with Crippen LogP contribution in [0.4, 0.5) is 0 Å². The highest BCUT2D eigenvalue weighted by Crippen LogP contribution is 2.25. The maximum Gasteiger partial charge on any atom is 0.329 e. The van der Waals surface area contributed by atoms with Crippen molar-refractivity contribution in [3.05, 3.63) is 35.4 Å². The fourth-order valence-corrected chi connectivity index (χ4v) is 3.88. The average molecular weight is 372 g/mol. The van der Waals surface area contributed by atoms with Crippen LogP contribution in [-0.2, 0) is 14.3 Å². The lowest BCUT2D eigenvalue weighted by Crippen LogP contribution is -2.46. The van der Waals surface area contributed by atoms with Gasteiger partial charge in [0.05, 0.1) is 11.1 Å². The monoisotopic (exact) mass is 372 g/mol. The molecule has 3 unspecified atom stereocenters. The standard InChI is InChI=1S/C20H24N2O5/c1-12-8-13(2)10-21(9-12)17(23)11-27-20(26)14(3)22-18(24)15-6-4-5-7-16(15)19(22)25/h4-7,12-14H,8-11H2,1-3H3. The molecule has 1 aromatic carbocycles. The molecule has 0 aromatic heterocycles. The van der Waals surface area contributed by atoms with Crippen LogP contribution in [0.2, 0.25) is 0 Å². The molecular formula is C20H24N2O5. The van der Waals surface area contributed by atoms with Gasteiger partial charge in [0.1, 0.15) is 6.04 Å². The van der Waals surface area contributed by atoms with Crippen molar-refractivity contribution in [3.63, 3.8) is 0 Å². The van der Waals surface area contributed by atoms with Gasteiger partial charge in [-0.05, 0) is 37.3 Å². The first kappa shape index (κ1) is 19.1. The van der Waals surface area contributed by atoms with Crippen LogP contribution in [0.3, 0.4) is 0 Å². The second-order valence-corrected chi connectivity index (χ2v) is 7.55. The third-order valence-electron chi connectivity index (χ3n) is 5.11. The van der Waals surface area contributed by atoms with Crippen LogP contribution in [0.1, 0.15) is 47.9 Å². The number of carbonyl (C=O) groups excluding carboxylic acids is 4. The Kier molecular flexibility index (Phi) is 5.30. The molecule has 0 spiro atoms. The van der Waals surface area contributed by atoms with Gasteiger partial charge in [0, 0.05) is 13.1 Å². The summed E-state index contributed by atoms with van der Waals surface area (Å²) in [6.45, 7) is 6.52. The number of piperidine rings is 1. The van der Waals surface area contributed by atoms with E-state index in [1.54, 1.807) is 29.2 Å². The minimum absolute atomic E-state index is 0.253. The molecule has 3 amide bonds. The van der Waals surface area contributed by atoms with E-state index in [1.807, 2.05) is 0 Å². The van der Waals surface area contributed by atoms with E-state index in [1.165, 1.54) is 6.92 Å². The van der Waals surface area contributed by atoms with Gasteiger partial charge >= 0.3 is 5.97 Å². The van der Waals surface area contributed by atoms with Crippen LogP contribution in [0.5, 0.6) is 0 Å². The molecule has 1 saturated heterocycles. The third kappa shape index (κ3) is 3.72. The summed E-state index contributed by atoms with van der Waals surface area (Å²) in [4.78, 5) is 52.2. The van der Waals surface area contributed by atoms with E-state index >= 15 is 0 Å². The zero-order valence-electron chi connectivity index (χ0n) is 15.8. The Morgan fingerprint density at radius 2 is 1.59 bits per heavy atom. The second-order valence-electron chi connectivity index (χ2n) is 7.55. The first-order chi connectivity index (χ1) is 12.8. The Morgan fingerprint density at radius 3 is 2.11 bits per heavy atom. The van der Waals surface area contributed by atoms with Crippen LogP contribution in [0, 0.1) is 11.8 Å². The van der Waals surface area contributed by atoms with Crippen molar-refractivity contribution in [1.29, 1.82) is 0 Å². The first-order valence-electron chi connectivity index (χ1n) is 9.21. The molecule has 0 bridgehead atoms. The maximum absolute atomic E-state index is 12.4. The van der Waals surface area contributed by atoms with Gasteiger partial charge in [-0.3, -0.25) is 19.3 Å². The van der Waals surface area contributed by atoms with Gasteiger partial charge < -0.3 is 9.64 Å². The minimum Gasteiger partial charge on any atom is -0.454 e. The highest BCUT2D eigenvalue weighted by atomic mass is 16.5. The summed E-state index contributed by atoms with van der Waals surface area (Å²) in [5.41, 5.74) is 0.545.